The Morgan fingerprint density at radius 1 is 1.20 bits per heavy atom. The smallest absolute Gasteiger partial charge is 0.232 e. The molecular weight excluding hydrogens is 384 g/mol. The summed E-state index contributed by atoms with van der Waals surface area (Å²) < 4.78 is 7.22. The molecule has 0 aromatic carbocycles. The highest BCUT2D eigenvalue weighted by atomic mass is 16.5. The van der Waals surface area contributed by atoms with Gasteiger partial charge in [0.25, 0.3) is 0 Å². The van der Waals surface area contributed by atoms with Gasteiger partial charge in [0.1, 0.15) is 5.78 Å². The Balaban J connectivity index is 1.36. The molecule has 1 aromatic rings. The average Bonchev–Trinajstić information content (AvgIpc) is 3.29. The Labute approximate surface area is 178 Å². The van der Waals surface area contributed by atoms with Crippen LogP contribution in [-0.2, 0) is 32.1 Å². The number of likely N-dealkylation sites (tertiary alicyclic amines) is 1. The van der Waals surface area contributed by atoms with Gasteiger partial charge >= 0.3 is 0 Å². The first kappa shape index (κ1) is 22.6. The van der Waals surface area contributed by atoms with Crippen LogP contribution >= 0.6 is 0 Å². The second kappa shape index (κ2) is 10.8. The molecule has 30 heavy (non-hydrogen) atoms. The van der Waals surface area contributed by atoms with Crippen LogP contribution in [0.2, 0.25) is 0 Å². The van der Waals surface area contributed by atoms with Crippen LogP contribution in [0.4, 0.5) is 0 Å². The van der Waals surface area contributed by atoms with Gasteiger partial charge in [0.15, 0.2) is 0 Å². The molecule has 0 radical (unpaired) electrons. The van der Waals surface area contributed by atoms with E-state index in [4.69, 9.17) is 4.74 Å². The Morgan fingerprint density at radius 2 is 1.97 bits per heavy atom. The number of aryl methyl sites for hydroxylation is 1. The number of carbonyl (C=O) groups is 3. The van der Waals surface area contributed by atoms with E-state index in [1.54, 1.807) is 4.68 Å². The van der Waals surface area contributed by atoms with Gasteiger partial charge in [0.2, 0.25) is 11.8 Å². The summed E-state index contributed by atoms with van der Waals surface area (Å²) in [6, 6.07) is 0. The van der Waals surface area contributed by atoms with Crippen molar-refractivity contribution in [2.45, 2.75) is 71.8 Å². The number of aromatic nitrogens is 3. The van der Waals surface area contributed by atoms with E-state index < -0.39 is 0 Å². The van der Waals surface area contributed by atoms with Crippen LogP contribution in [0.15, 0.2) is 6.20 Å². The van der Waals surface area contributed by atoms with Crippen LogP contribution < -0.4 is 0 Å². The Bertz CT molecular complexity index is 739. The largest absolute Gasteiger partial charge is 0.380 e. The second-order valence-corrected chi connectivity index (χ2v) is 8.72. The summed E-state index contributed by atoms with van der Waals surface area (Å²) in [6.45, 7) is 6.45. The number of amides is 2. The van der Waals surface area contributed by atoms with Crippen molar-refractivity contribution in [1.82, 2.24) is 19.9 Å². The zero-order chi connectivity index (χ0) is 21.5. The number of nitrogens with zero attached hydrogens (tertiary/aromatic N) is 4. The van der Waals surface area contributed by atoms with Crippen molar-refractivity contribution < 1.29 is 19.1 Å². The van der Waals surface area contributed by atoms with Crippen LogP contribution in [0, 0.1) is 17.8 Å². The molecular formula is C22H34N4O4. The molecule has 1 atom stereocenters. The predicted octanol–water partition coefficient (Wildman–Crippen LogP) is 2.41. The number of imide groups is 1. The molecule has 166 valence electrons. The summed E-state index contributed by atoms with van der Waals surface area (Å²) in [5, 5.41) is 8.25. The first-order valence-electron chi connectivity index (χ1n) is 11.3. The van der Waals surface area contributed by atoms with Crippen molar-refractivity contribution in [1.29, 1.82) is 0 Å². The van der Waals surface area contributed by atoms with E-state index in [0.717, 1.165) is 44.4 Å². The van der Waals surface area contributed by atoms with Crippen LogP contribution in [0.1, 0.15) is 64.5 Å². The summed E-state index contributed by atoms with van der Waals surface area (Å²) in [7, 11) is 0. The van der Waals surface area contributed by atoms with Crippen molar-refractivity contribution >= 4 is 17.6 Å². The molecule has 1 saturated carbocycles. The predicted molar refractivity (Wildman–Crippen MR) is 110 cm³/mol. The van der Waals surface area contributed by atoms with Gasteiger partial charge in [-0.3, -0.25) is 19.3 Å². The molecule has 0 bridgehead atoms. The fraction of sp³-hybridized carbons (Fsp3) is 0.773. The Morgan fingerprint density at radius 3 is 2.63 bits per heavy atom. The van der Waals surface area contributed by atoms with Gasteiger partial charge in [0, 0.05) is 50.4 Å². The maximum absolute atomic E-state index is 12.6. The quantitative estimate of drug-likeness (QED) is 0.405. The van der Waals surface area contributed by atoms with E-state index in [0.29, 0.717) is 44.9 Å². The first-order chi connectivity index (χ1) is 14.5. The summed E-state index contributed by atoms with van der Waals surface area (Å²) in [4.78, 5) is 38.1. The molecule has 1 aliphatic carbocycles. The van der Waals surface area contributed by atoms with Gasteiger partial charge in [-0.15, -0.1) is 5.10 Å². The van der Waals surface area contributed by atoms with Gasteiger partial charge in [-0.1, -0.05) is 19.1 Å². The van der Waals surface area contributed by atoms with E-state index in [1.165, 1.54) is 4.90 Å². The zero-order valence-electron chi connectivity index (χ0n) is 18.2. The molecule has 1 aliphatic heterocycles. The SMILES string of the molecule is CCCOCCn1cc(CCC(=O)C2CCC(CN3C(=O)CC(C)C3=O)CC2)nn1. The zero-order valence-corrected chi connectivity index (χ0v) is 18.2. The number of rotatable bonds is 11. The minimum Gasteiger partial charge on any atom is -0.380 e. The normalized spacial score (nSPS) is 24.6. The second-order valence-electron chi connectivity index (χ2n) is 8.72. The maximum atomic E-state index is 12.6. The number of Topliss-reactive ketones (excluding diaryl/α,β-unsaturated/α-hetero) is 1. The minimum atomic E-state index is -0.183. The highest BCUT2D eigenvalue weighted by molar-refractivity contribution is 6.03. The van der Waals surface area contributed by atoms with Gasteiger partial charge in [0.05, 0.1) is 18.8 Å². The lowest BCUT2D eigenvalue weighted by molar-refractivity contribution is -0.140. The van der Waals surface area contributed by atoms with Crippen molar-refractivity contribution in [3.05, 3.63) is 11.9 Å². The van der Waals surface area contributed by atoms with Crippen molar-refractivity contribution in [2.75, 3.05) is 19.8 Å². The standard InChI is InChI=1S/C22H34N4O4/c1-3-11-30-12-10-25-15-19(23-24-25)8-9-20(27)18-6-4-17(5-7-18)14-26-21(28)13-16(2)22(26)29/h15-18H,3-14H2,1-2H3. The number of ketones is 1. The first-order valence-corrected chi connectivity index (χ1v) is 11.3. The molecule has 2 aliphatic rings. The van der Waals surface area contributed by atoms with E-state index in [1.807, 2.05) is 13.1 Å². The third-order valence-corrected chi connectivity index (χ3v) is 6.24. The lowest BCUT2D eigenvalue weighted by Gasteiger charge is -2.30. The molecule has 1 unspecified atom stereocenters. The minimum absolute atomic E-state index is 0.0387. The van der Waals surface area contributed by atoms with Crippen molar-refractivity contribution in [3.63, 3.8) is 0 Å². The molecule has 2 amide bonds. The van der Waals surface area contributed by atoms with E-state index in [-0.39, 0.29) is 29.4 Å². The van der Waals surface area contributed by atoms with Gasteiger partial charge < -0.3 is 4.74 Å². The maximum Gasteiger partial charge on any atom is 0.232 e. The summed E-state index contributed by atoms with van der Waals surface area (Å²) in [5.41, 5.74) is 0.840. The van der Waals surface area contributed by atoms with Crippen LogP contribution in [0.3, 0.4) is 0 Å². The van der Waals surface area contributed by atoms with E-state index in [9.17, 15) is 14.4 Å². The molecule has 0 N–H and O–H groups in total. The third-order valence-electron chi connectivity index (χ3n) is 6.24. The number of hydrogen-bond acceptors (Lipinski definition) is 6. The summed E-state index contributed by atoms with van der Waals surface area (Å²) >= 11 is 0. The molecule has 1 aromatic heterocycles. The fourth-order valence-electron chi connectivity index (χ4n) is 4.39. The summed E-state index contributed by atoms with van der Waals surface area (Å²) in [6.07, 6.45) is 7.82. The Hall–Kier alpha value is -2.09. The highest BCUT2D eigenvalue weighted by Crippen LogP contribution is 2.32. The Kier molecular flexibility index (Phi) is 8.13. The average molecular weight is 419 g/mol. The topological polar surface area (TPSA) is 94.4 Å². The molecule has 1 saturated heterocycles. The van der Waals surface area contributed by atoms with E-state index >= 15 is 0 Å². The lowest BCUT2D eigenvalue weighted by atomic mass is 9.79. The highest BCUT2D eigenvalue weighted by Gasteiger charge is 2.37. The molecule has 0 spiro atoms. The fourth-order valence-corrected chi connectivity index (χ4v) is 4.39. The number of carbonyl (C=O) groups excluding carboxylic acids is 3. The van der Waals surface area contributed by atoms with E-state index in [2.05, 4.69) is 17.2 Å². The molecule has 2 heterocycles. The van der Waals surface area contributed by atoms with Gasteiger partial charge in [-0.05, 0) is 38.0 Å². The summed E-state index contributed by atoms with van der Waals surface area (Å²) in [5.74, 6) is 0.428. The van der Waals surface area contributed by atoms with Gasteiger partial charge in [-0.25, -0.2) is 4.68 Å². The van der Waals surface area contributed by atoms with Crippen LogP contribution in [0.5, 0.6) is 0 Å². The lowest BCUT2D eigenvalue weighted by Crippen LogP contribution is -2.36. The number of hydrogen-bond donors (Lipinski definition) is 0. The molecule has 3 rings (SSSR count). The van der Waals surface area contributed by atoms with Crippen LogP contribution in [-0.4, -0.2) is 57.2 Å². The van der Waals surface area contributed by atoms with Gasteiger partial charge in [-0.2, -0.15) is 0 Å². The van der Waals surface area contributed by atoms with Crippen molar-refractivity contribution in [3.8, 4) is 0 Å². The van der Waals surface area contributed by atoms with Crippen LogP contribution in [0.25, 0.3) is 0 Å². The monoisotopic (exact) mass is 418 g/mol. The van der Waals surface area contributed by atoms with Crippen molar-refractivity contribution in [2.24, 2.45) is 17.8 Å². The molecule has 8 nitrogen and oxygen atoms in total. The number of ether oxygens (including phenoxy) is 1. The molecule has 2 fully saturated rings. The molecule has 8 heteroatoms. The third kappa shape index (κ3) is 5.97.